The van der Waals surface area contributed by atoms with E-state index in [-0.39, 0.29) is 0 Å². The largest absolute Gasteiger partial charge is 0.376 e. The molecule has 0 spiro atoms. The summed E-state index contributed by atoms with van der Waals surface area (Å²) < 4.78 is 5.94. The van der Waals surface area contributed by atoms with E-state index in [0.717, 1.165) is 11.8 Å². The summed E-state index contributed by atoms with van der Waals surface area (Å²) in [4.78, 5) is 2.48. The van der Waals surface area contributed by atoms with E-state index in [1.54, 1.807) is 0 Å². The predicted octanol–water partition coefficient (Wildman–Crippen LogP) is 4.48. The Morgan fingerprint density at radius 2 is 1.45 bits per heavy atom. The Morgan fingerprint density at radius 3 is 2.00 bits per heavy atom. The molecule has 0 atom stereocenters. The van der Waals surface area contributed by atoms with Crippen LogP contribution in [0.15, 0.2) is 0 Å². The van der Waals surface area contributed by atoms with Crippen molar-refractivity contribution in [1.82, 2.24) is 4.90 Å². The molecule has 0 bridgehead atoms. The SMILES string of the molecule is CC(C)OC1CCC(CCCC2CCN(C)CC2)CC1. The van der Waals surface area contributed by atoms with Gasteiger partial charge in [0.1, 0.15) is 0 Å². The third-order valence-electron chi connectivity index (χ3n) is 5.32. The molecule has 1 aliphatic carbocycles. The molecule has 1 saturated carbocycles. The van der Waals surface area contributed by atoms with E-state index in [1.807, 2.05) is 0 Å². The maximum atomic E-state index is 5.94. The van der Waals surface area contributed by atoms with Crippen LogP contribution in [0.1, 0.15) is 71.6 Å². The molecule has 0 radical (unpaired) electrons. The van der Waals surface area contributed by atoms with E-state index >= 15 is 0 Å². The molecule has 0 N–H and O–H groups in total. The number of hydrogen-bond donors (Lipinski definition) is 0. The lowest BCUT2D eigenvalue weighted by molar-refractivity contribution is -0.0204. The lowest BCUT2D eigenvalue weighted by Crippen LogP contribution is -2.30. The molecule has 118 valence electrons. The highest BCUT2D eigenvalue weighted by Crippen LogP contribution is 2.31. The highest BCUT2D eigenvalue weighted by atomic mass is 16.5. The van der Waals surface area contributed by atoms with Crippen LogP contribution in [-0.2, 0) is 4.74 Å². The number of hydrogen-bond acceptors (Lipinski definition) is 2. The van der Waals surface area contributed by atoms with Crippen LogP contribution in [-0.4, -0.2) is 37.2 Å². The van der Waals surface area contributed by atoms with Crippen molar-refractivity contribution in [3.63, 3.8) is 0 Å². The molecule has 20 heavy (non-hydrogen) atoms. The van der Waals surface area contributed by atoms with E-state index in [0.29, 0.717) is 12.2 Å². The van der Waals surface area contributed by atoms with Gasteiger partial charge in [-0.05, 0) is 84.3 Å². The summed E-state index contributed by atoms with van der Waals surface area (Å²) >= 11 is 0. The molecule has 1 aliphatic heterocycles. The van der Waals surface area contributed by atoms with Gasteiger partial charge >= 0.3 is 0 Å². The molecule has 2 heteroatoms. The van der Waals surface area contributed by atoms with Crippen LogP contribution in [0.5, 0.6) is 0 Å². The number of nitrogens with zero attached hydrogens (tertiary/aromatic N) is 1. The summed E-state index contributed by atoms with van der Waals surface area (Å²) in [7, 11) is 2.26. The van der Waals surface area contributed by atoms with Crippen LogP contribution in [0.25, 0.3) is 0 Å². The lowest BCUT2D eigenvalue weighted by atomic mass is 9.82. The molecule has 1 saturated heterocycles. The van der Waals surface area contributed by atoms with Gasteiger partial charge in [0.25, 0.3) is 0 Å². The molecular weight excluding hydrogens is 246 g/mol. The summed E-state index contributed by atoms with van der Waals surface area (Å²) in [6.45, 7) is 6.96. The average Bonchev–Trinajstić information content (AvgIpc) is 2.42. The van der Waals surface area contributed by atoms with E-state index in [4.69, 9.17) is 4.74 Å². The van der Waals surface area contributed by atoms with Gasteiger partial charge in [-0.2, -0.15) is 0 Å². The molecule has 1 heterocycles. The molecule has 0 aromatic heterocycles. The van der Waals surface area contributed by atoms with Gasteiger partial charge in [-0.3, -0.25) is 0 Å². The molecular formula is C18H35NO. The first-order valence-corrected chi connectivity index (χ1v) is 8.97. The predicted molar refractivity (Wildman–Crippen MR) is 86.0 cm³/mol. The lowest BCUT2D eigenvalue weighted by Gasteiger charge is -2.31. The average molecular weight is 281 g/mol. The summed E-state index contributed by atoms with van der Waals surface area (Å²) in [5.41, 5.74) is 0. The highest BCUT2D eigenvalue weighted by molar-refractivity contribution is 4.75. The van der Waals surface area contributed by atoms with Gasteiger partial charge in [-0.15, -0.1) is 0 Å². The second-order valence-corrected chi connectivity index (χ2v) is 7.51. The number of ether oxygens (including phenoxy) is 1. The molecule has 0 unspecified atom stereocenters. The van der Waals surface area contributed by atoms with Crippen LogP contribution in [0.2, 0.25) is 0 Å². The second kappa shape index (κ2) is 8.38. The van der Waals surface area contributed by atoms with Gasteiger partial charge in [0.05, 0.1) is 12.2 Å². The van der Waals surface area contributed by atoms with Gasteiger partial charge in [-0.1, -0.05) is 19.3 Å². The van der Waals surface area contributed by atoms with Crippen molar-refractivity contribution < 1.29 is 4.74 Å². The smallest absolute Gasteiger partial charge is 0.0578 e. The number of piperidine rings is 1. The molecule has 2 aliphatic rings. The topological polar surface area (TPSA) is 12.5 Å². The monoisotopic (exact) mass is 281 g/mol. The number of rotatable bonds is 6. The van der Waals surface area contributed by atoms with Crippen LogP contribution >= 0.6 is 0 Å². The minimum atomic E-state index is 0.404. The summed E-state index contributed by atoms with van der Waals surface area (Å²) in [6.07, 6.45) is 13.7. The normalized spacial score (nSPS) is 30.0. The summed E-state index contributed by atoms with van der Waals surface area (Å²) in [5.74, 6) is 2.01. The second-order valence-electron chi connectivity index (χ2n) is 7.51. The molecule has 2 fully saturated rings. The van der Waals surface area contributed by atoms with E-state index < -0.39 is 0 Å². The maximum Gasteiger partial charge on any atom is 0.0578 e. The zero-order valence-electron chi connectivity index (χ0n) is 13.9. The van der Waals surface area contributed by atoms with Crippen molar-refractivity contribution in [2.45, 2.75) is 83.8 Å². The summed E-state index contributed by atoms with van der Waals surface area (Å²) in [5, 5.41) is 0. The van der Waals surface area contributed by atoms with Crippen LogP contribution in [0, 0.1) is 11.8 Å². The van der Waals surface area contributed by atoms with Crippen molar-refractivity contribution in [3.05, 3.63) is 0 Å². The third-order valence-corrected chi connectivity index (χ3v) is 5.32. The molecule has 2 rings (SSSR count). The van der Waals surface area contributed by atoms with Crippen LogP contribution in [0.4, 0.5) is 0 Å². The Labute approximate surface area is 126 Å². The molecule has 0 amide bonds. The minimum Gasteiger partial charge on any atom is -0.376 e. The van der Waals surface area contributed by atoms with E-state index in [1.165, 1.54) is 70.9 Å². The number of likely N-dealkylation sites (tertiary alicyclic amines) is 1. The Balaban J connectivity index is 1.53. The first kappa shape index (κ1) is 16.3. The van der Waals surface area contributed by atoms with Gasteiger partial charge in [0, 0.05) is 0 Å². The fourth-order valence-corrected chi connectivity index (χ4v) is 3.99. The standard InChI is InChI=1S/C18H35NO/c1-15(2)20-18-9-7-16(8-10-18)5-4-6-17-11-13-19(3)14-12-17/h15-18H,4-14H2,1-3H3. The first-order chi connectivity index (χ1) is 9.63. The Bertz CT molecular complexity index is 250. The minimum absolute atomic E-state index is 0.404. The molecule has 2 nitrogen and oxygen atoms in total. The first-order valence-electron chi connectivity index (χ1n) is 8.97. The van der Waals surface area contributed by atoms with Crippen molar-refractivity contribution in [2.75, 3.05) is 20.1 Å². The fourth-order valence-electron chi connectivity index (χ4n) is 3.99. The van der Waals surface area contributed by atoms with Gasteiger partial charge < -0.3 is 9.64 Å². The van der Waals surface area contributed by atoms with Gasteiger partial charge in [-0.25, -0.2) is 0 Å². The quantitative estimate of drug-likeness (QED) is 0.711. The van der Waals surface area contributed by atoms with Crippen molar-refractivity contribution in [2.24, 2.45) is 11.8 Å². The van der Waals surface area contributed by atoms with Gasteiger partial charge in [0.15, 0.2) is 0 Å². The Kier molecular flexibility index (Phi) is 6.83. The van der Waals surface area contributed by atoms with E-state index in [9.17, 15) is 0 Å². The van der Waals surface area contributed by atoms with Gasteiger partial charge in [0.2, 0.25) is 0 Å². The molecule has 0 aromatic carbocycles. The van der Waals surface area contributed by atoms with E-state index in [2.05, 4.69) is 25.8 Å². The zero-order valence-corrected chi connectivity index (χ0v) is 13.9. The van der Waals surface area contributed by atoms with Crippen LogP contribution < -0.4 is 0 Å². The highest BCUT2D eigenvalue weighted by Gasteiger charge is 2.23. The molecule has 0 aromatic rings. The van der Waals surface area contributed by atoms with Crippen molar-refractivity contribution >= 4 is 0 Å². The summed E-state index contributed by atoms with van der Waals surface area (Å²) in [6, 6.07) is 0. The third kappa shape index (κ3) is 5.73. The van der Waals surface area contributed by atoms with Crippen LogP contribution in [0.3, 0.4) is 0 Å². The Hall–Kier alpha value is -0.0800. The van der Waals surface area contributed by atoms with Crippen molar-refractivity contribution in [1.29, 1.82) is 0 Å². The Morgan fingerprint density at radius 1 is 0.900 bits per heavy atom. The fraction of sp³-hybridized carbons (Fsp3) is 1.00. The zero-order chi connectivity index (χ0) is 14.4. The maximum absolute atomic E-state index is 5.94. The van der Waals surface area contributed by atoms with Crippen molar-refractivity contribution in [3.8, 4) is 0 Å².